The number of carbonyl (C=O) groups excluding carboxylic acids is 1. The van der Waals surface area contributed by atoms with Gasteiger partial charge in [-0.2, -0.15) is 4.31 Å². The quantitative estimate of drug-likeness (QED) is 0.889. The molecule has 1 N–H and O–H groups in total. The van der Waals surface area contributed by atoms with E-state index in [0.29, 0.717) is 23.9 Å². The van der Waals surface area contributed by atoms with Gasteiger partial charge in [0.05, 0.1) is 7.11 Å². The molecule has 7 heteroatoms. The summed E-state index contributed by atoms with van der Waals surface area (Å²) >= 11 is 0. The van der Waals surface area contributed by atoms with E-state index in [1.54, 1.807) is 16.4 Å². The van der Waals surface area contributed by atoms with E-state index in [0.717, 1.165) is 32.1 Å². The van der Waals surface area contributed by atoms with Crippen molar-refractivity contribution in [1.82, 2.24) is 4.31 Å². The molecule has 1 heterocycles. The van der Waals surface area contributed by atoms with Crippen molar-refractivity contribution >= 4 is 21.6 Å². The first kappa shape index (κ1) is 18.2. The molecule has 3 rings (SSSR count). The maximum atomic E-state index is 13.4. The second-order valence-corrected chi connectivity index (χ2v) is 8.78. The van der Waals surface area contributed by atoms with Crippen LogP contribution in [-0.2, 0) is 14.8 Å². The van der Waals surface area contributed by atoms with Gasteiger partial charge in [-0.3, -0.25) is 4.79 Å². The molecule has 6 nitrogen and oxygen atoms in total. The van der Waals surface area contributed by atoms with Crippen LogP contribution in [0.3, 0.4) is 0 Å². The van der Waals surface area contributed by atoms with Crippen molar-refractivity contribution in [3.05, 3.63) is 18.2 Å². The van der Waals surface area contributed by atoms with Crippen LogP contribution < -0.4 is 10.1 Å². The zero-order valence-electron chi connectivity index (χ0n) is 14.8. The first-order chi connectivity index (χ1) is 11.9. The molecule has 1 aromatic carbocycles. The third kappa shape index (κ3) is 3.67. The van der Waals surface area contributed by atoms with Crippen molar-refractivity contribution < 1.29 is 17.9 Å². The van der Waals surface area contributed by atoms with Gasteiger partial charge in [-0.1, -0.05) is 12.8 Å². The predicted molar refractivity (Wildman–Crippen MR) is 96.2 cm³/mol. The Balaban J connectivity index is 1.99. The maximum absolute atomic E-state index is 13.4. The number of nitrogens with one attached hydrogen (secondary N) is 1. The molecule has 25 heavy (non-hydrogen) atoms. The molecule has 2 atom stereocenters. The molecule has 1 aromatic rings. The molecule has 2 aliphatic rings. The van der Waals surface area contributed by atoms with Crippen LogP contribution in [0.25, 0.3) is 0 Å². The largest absolute Gasteiger partial charge is 0.495 e. The Morgan fingerprint density at radius 1 is 1.20 bits per heavy atom. The van der Waals surface area contributed by atoms with Gasteiger partial charge >= 0.3 is 0 Å². The van der Waals surface area contributed by atoms with Gasteiger partial charge in [0.25, 0.3) is 0 Å². The molecule has 2 fully saturated rings. The van der Waals surface area contributed by atoms with Crippen LogP contribution in [0.4, 0.5) is 5.69 Å². The van der Waals surface area contributed by atoms with Crippen LogP contribution in [0.15, 0.2) is 23.1 Å². The molecule has 1 saturated heterocycles. The number of fused-ring (bicyclic) bond motifs is 1. The van der Waals surface area contributed by atoms with E-state index in [9.17, 15) is 13.2 Å². The fourth-order valence-electron chi connectivity index (χ4n) is 4.16. The Bertz CT molecular complexity index is 745. The van der Waals surface area contributed by atoms with E-state index in [1.807, 2.05) is 0 Å². The van der Waals surface area contributed by atoms with Gasteiger partial charge in [-0.15, -0.1) is 0 Å². The van der Waals surface area contributed by atoms with Crippen LogP contribution in [0, 0.1) is 5.92 Å². The highest BCUT2D eigenvalue weighted by atomic mass is 32.2. The van der Waals surface area contributed by atoms with Crippen molar-refractivity contribution in [2.45, 2.75) is 56.4 Å². The number of hydrogen-bond donors (Lipinski definition) is 1. The fourth-order valence-corrected chi connectivity index (χ4v) is 6.10. The second kappa shape index (κ2) is 7.33. The Hall–Kier alpha value is -1.60. The molecule has 0 bridgehead atoms. The maximum Gasteiger partial charge on any atom is 0.247 e. The lowest BCUT2D eigenvalue weighted by molar-refractivity contribution is -0.114. The van der Waals surface area contributed by atoms with Crippen molar-refractivity contribution in [2.24, 2.45) is 5.92 Å². The lowest BCUT2D eigenvalue weighted by atomic mass is 9.79. The summed E-state index contributed by atoms with van der Waals surface area (Å²) in [6, 6.07) is 4.84. The van der Waals surface area contributed by atoms with Crippen molar-refractivity contribution in [3.63, 3.8) is 0 Å². The molecular weight excluding hydrogens is 340 g/mol. The lowest BCUT2D eigenvalue weighted by Crippen LogP contribution is -2.49. The summed E-state index contributed by atoms with van der Waals surface area (Å²) in [5.41, 5.74) is 0.462. The van der Waals surface area contributed by atoms with Gasteiger partial charge in [0.15, 0.2) is 0 Å². The van der Waals surface area contributed by atoms with E-state index in [-0.39, 0.29) is 16.8 Å². The van der Waals surface area contributed by atoms with Gasteiger partial charge in [-0.25, -0.2) is 8.42 Å². The number of benzene rings is 1. The number of piperidine rings is 1. The van der Waals surface area contributed by atoms with E-state index in [1.165, 1.54) is 26.5 Å². The minimum atomic E-state index is -3.68. The summed E-state index contributed by atoms with van der Waals surface area (Å²) < 4.78 is 33.8. The average Bonchev–Trinajstić information content (AvgIpc) is 2.60. The topological polar surface area (TPSA) is 75.7 Å². The van der Waals surface area contributed by atoms with Gasteiger partial charge in [0, 0.05) is 25.2 Å². The van der Waals surface area contributed by atoms with Crippen LogP contribution in [-0.4, -0.2) is 38.3 Å². The number of amides is 1. The number of methoxy groups -OCH3 is 1. The molecule has 1 aliphatic carbocycles. The molecule has 1 amide bonds. The zero-order valence-corrected chi connectivity index (χ0v) is 15.6. The van der Waals surface area contributed by atoms with Crippen LogP contribution in [0.2, 0.25) is 0 Å². The number of sulfonamides is 1. The van der Waals surface area contributed by atoms with E-state index in [2.05, 4.69) is 5.32 Å². The molecular formula is C18H26N2O4S. The third-order valence-corrected chi connectivity index (χ3v) is 7.21. The summed E-state index contributed by atoms with van der Waals surface area (Å²) in [6.07, 6.45) is 6.32. The summed E-state index contributed by atoms with van der Waals surface area (Å²) in [6.45, 7) is 1.95. The number of nitrogens with zero attached hydrogens (tertiary/aromatic N) is 1. The highest BCUT2D eigenvalue weighted by molar-refractivity contribution is 7.89. The number of carbonyl (C=O) groups is 1. The lowest BCUT2D eigenvalue weighted by Gasteiger charge is -2.43. The van der Waals surface area contributed by atoms with E-state index in [4.69, 9.17) is 4.74 Å². The average molecular weight is 366 g/mol. The predicted octanol–water partition coefficient (Wildman–Crippen LogP) is 3.00. The summed E-state index contributed by atoms with van der Waals surface area (Å²) in [4.78, 5) is 11.4. The summed E-state index contributed by atoms with van der Waals surface area (Å²) in [5, 5.41) is 2.65. The normalized spacial score (nSPS) is 24.4. The smallest absolute Gasteiger partial charge is 0.247 e. The SMILES string of the molecule is COc1ccc(NC(C)=O)cc1S(=O)(=O)N1CCC[C@H]2CCCC[C@H]21. The molecule has 0 aromatic heterocycles. The standard InChI is InChI=1S/C18H26N2O4S/c1-13(21)19-15-9-10-17(24-2)18(12-15)25(22,23)20-11-5-7-14-6-3-4-8-16(14)20/h9-10,12,14,16H,3-8,11H2,1-2H3,(H,19,21)/t14-,16-/m1/s1. The minimum Gasteiger partial charge on any atom is -0.495 e. The van der Waals surface area contributed by atoms with Gasteiger partial charge in [-0.05, 0) is 49.8 Å². The van der Waals surface area contributed by atoms with Crippen LogP contribution in [0.5, 0.6) is 5.75 Å². The highest BCUT2D eigenvalue weighted by Gasteiger charge is 2.41. The molecule has 1 saturated carbocycles. The highest BCUT2D eigenvalue weighted by Crippen LogP contribution is 2.40. The van der Waals surface area contributed by atoms with Crippen molar-refractivity contribution in [3.8, 4) is 5.75 Å². The van der Waals surface area contributed by atoms with Crippen molar-refractivity contribution in [1.29, 1.82) is 0 Å². The van der Waals surface area contributed by atoms with Crippen molar-refractivity contribution in [2.75, 3.05) is 19.0 Å². The Kier molecular flexibility index (Phi) is 5.34. The Morgan fingerprint density at radius 3 is 2.64 bits per heavy atom. The molecule has 0 unspecified atom stereocenters. The molecule has 138 valence electrons. The van der Waals surface area contributed by atoms with E-state index < -0.39 is 10.0 Å². The van der Waals surface area contributed by atoms with Crippen LogP contribution >= 0.6 is 0 Å². The first-order valence-electron chi connectivity index (χ1n) is 8.91. The molecule has 0 spiro atoms. The Labute approximate surface area is 149 Å². The second-order valence-electron chi connectivity index (χ2n) is 6.92. The number of rotatable bonds is 4. The van der Waals surface area contributed by atoms with Gasteiger partial charge < -0.3 is 10.1 Å². The third-order valence-electron chi connectivity index (χ3n) is 5.26. The Morgan fingerprint density at radius 2 is 1.92 bits per heavy atom. The molecule has 0 radical (unpaired) electrons. The van der Waals surface area contributed by atoms with Gasteiger partial charge in [0.2, 0.25) is 15.9 Å². The zero-order chi connectivity index (χ0) is 18.0. The number of hydrogen-bond acceptors (Lipinski definition) is 4. The fraction of sp³-hybridized carbons (Fsp3) is 0.611. The minimum absolute atomic E-state index is 0.0848. The summed E-state index contributed by atoms with van der Waals surface area (Å²) in [5.74, 6) is 0.535. The van der Waals surface area contributed by atoms with E-state index >= 15 is 0 Å². The van der Waals surface area contributed by atoms with Crippen LogP contribution in [0.1, 0.15) is 45.4 Å². The molecule has 1 aliphatic heterocycles. The summed E-state index contributed by atoms with van der Waals surface area (Å²) in [7, 11) is -2.21. The number of ether oxygens (including phenoxy) is 1. The number of anilines is 1. The first-order valence-corrected chi connectivity index (χ1v) is 10.3. The monoisotopic (exact) mass is 366 g/mol. The van der Waals surface area contributed by atoms with Gasteiger partial charge in [0.1, 0.15) is 10.6 Å².